The highest BCUT2D eigenvalue weighted by Crippen LogP contribution is 2.35. The molecule has 0 radical (unpaired) electrons. The fraction of sp³-hybridized carbons (Fsp3) is 0.125. The van der Waals surface area contributed by atoms with E-state index in [1.165, 1.54) is 0 Å². The van der Waals surface area contributed by atoms with Gasteiger partial charge in [0.05, 0.1) is 16.1 Å². The third-order valence-corrected chi connectivity index (χ3v) is 1.94. The zero-order valence-electron chi connectivity index (χ0n) is 7.03. The molecule has 0 bridgehead atoms. The summed E-state index contributed by atoms with van der Waals surface area (Å²) in [5.74, 6) is -2.46. The molecule has 0 aliphatic carbocycles. The second kappa shape index (κ2) is 3.69. The van der Waals surface area contributed by atoms with Crippen molar-refractivity contribution in [1.29, 1.82) is 0 Å². The molecule has 1 rings (SSSR count). The van der Waals surface area contributed by atoms with E-state index in [0.29, 0.717) is 12.1 Å². The SMILES string of the molecule is NC(=O)c1cc(C(F)(F)F)c(Cl)cc1F. The van der Waals surface area contributed by atoms with Gasteiger partial charge in [-0.1, -0.05) is 11.6 Å². The fourth-order valence-corrected chi connectivity index (χ4v) is 1.21. The summed E-state index contributed by atoms with van der Waals surface area (Å²) in [4.78, 5) is 10.6. The number of primary amides is 1. The lowest BCUT2D eigenvalue weighted by molar-refractivity contribution is -0.137. The summed E-state index contributed by atoms with van der Waals surface area (Å²) in [5, 5.41) is -0.815. The maximum atomic E-state index is 12.9. The molecule has 82 valence electrons. The van der Waals surface area contributed by atoms with Gasteiger partial charge in [-0.3, -0.25) is 4.79 Å². The van der Waals surface area contributed by atoms with Crippen LogP contribution in [-0.2, 0) is 6.18 Å². The molecule has 0 heterocycles. The van der Waals surface area contributed by atoms with Gasteiger partial charge in [-0.05, 0) is 12.1 Å². The maximum Gasteiger partial charge on any atom is 0.417 e. The Balaban J connectivity index is 3.43. The van der Waals surface area contributed by atoms with E-state index in [0.717, 1.165) is 0 Å². The Labute approximate surface area is 86.6 Å². The molecule has 0 aliphatic heterocycles. The number of amides is 1. The summed E-state index contributed by atoms with van der Waals surface area (Å²) < 4.78 is 49.7. The van der Waals surface area contributed by atoms with Crippen LogP contribution >= 0.6 is 11.6 Å². The van der Waals surface area contributed by atoms with Gasteiger partial charge in [0, 0.05) is 0 Å². The third-order valence-electron chi connectivity index (χ3n) is 1.63. The highest BCUT2D eigenvalue weighted by molar-refractivity contribution is 6.31. The summed E-state index contributed by atoms with van der Waals surface area (Å²) in [6.45, 7) is 0. The van der Waals surface area contributed by atoms with Gasteiger partial charge < -0.3 is 5.73 Å². The van der Waals surface area contributed by atoms with Crippen LogP contribution in [0.5, 0.6) is 0 Å². The van der Waals surface area contributed by atoms with E-state index in [2.05, 4.69) is 5.73 Å². The zero-order valence-corrected chi connectivity index (χ0v) is 7.79. The largest absolute Gasteiger partial charge is 0.417 e. The molecule has 0 aliphatic rings. The van der Waals surface area contributed by atoms with E-state index in [1.807, 2.05) is 0 Å². The van der Waals surface area contributed by atoms with Gasteiger partial charge in [0.2, 0.25) is 0 Å². The number of hydrogen-bond donors (Lipinski definition) is 1. The Morgan fingerprint density at radius 2 is 1.87 bits per heavy atom. The molecule has 2 nitrogen and oxygen atoms in total. The van der Waals surface area contributed by atoms with E-state index in [4.69, 9.17) is 11.6 Å². The standard InChI is InChI=1S/C8H4ClF4NO/c9-5-2-6(10)3(7(14)15)1-4(5)8(11,12)13/h1-2H,(H2,14,15). The maximum absolute atomic E-state index is 12.9. The lowest BCUT2D eigenvalue weighted by Gasteiger charge is -2.10. The van der Waals surface area contributed by atoms with E-state index >= 15 is 0 Å². The summed E-state index contributed by atoms with van der Waals surface area (Å²) in [6, 6.07) is 0.699. The van der Waals surface area contributed by atoms with Gasteiger partial charge >= 0.3 is 6.18 Å². The van der Waals surface area contributed by atoms with Crippen LogP contribution < -0.4 is 5.73 Å². The van der Waals surface area contributed by atoms with E-state index < -0.39 is 34.1 Å². The summed E-state index contributed by atoms with van der Waals surface area (Å²) >= 11 is 5.18. The Morgan fingerprint density at radius 3 is 2.27 bits per heavy atom. The van der Waals surface area contributed by atoms with Gasteiger partial charge in [0.1, 0.15) is 5.82 Å². The Bertz CT molecular complexity index is 416. The van der Waals surface area contributed by atoms with Crippen LogP contribution in [0.2, 0.25) is 5.02 Å². The average molecular weight is 242 g/mol. The first-order valence-corrected chi connectivity index (χ1v) is 3.97. The fourth-order valence-electron chi connectivity index (χ4n) is 0.955. The van der Waals surface area contributed by atoms with Crippen LogP contribution in [0.15, 0.2) is 12.1 Å². The van der Waals surface area contributed by atoms with Gasteiger partial charge in [-0.25, -0.2) is 4.39 Å². The molecule has 0 saturated heterocycles. The molecule has 15 heavy (non-hydrogen) atoms. The smallest absolute Gasteiger partial charge is 0.366 e. The number of halogens is 5. The molecular weight excluding hydrogens is 238 g/mol. The minimum atomic E-state index is -4.75. The Kier molecular flexibility index (Phi) is 2.90. The minimum absolute atomic E-state index is 0.292. The Morgan fingerprint density at radius 1 is 1.33 bits per heavy atom. The number of rotatable bonds is 1. The zero-order chi connectivity index (χ0) is 11.8. The summed E-state index contributed by atoms with van der Waals surface area (Å²) in [5.41, 5.74) is 2.55. The van der Waals surface area contributed by atoms with Crippen molar-refractivity contribution in [2.24, 2.45) is 5.73 Å². The summed E-state index contributed by atoms with van der Waals surface area (Å²) in [6.07, 6.45) is -4.75. The quantitative estimate of drug-likeness (QED) is 0.755. The highest BCUT2D eigenvalue weighted by atomic mass is 35.5. The number of benzene rings is 1. The molecule has 0 saturated carbocycles. The molecule has 0 fully saturated rings. The monoisotopic (exact) mass is 241 g/mol. The first-order valence-electron chi connectivity index (χ1n) is 3.59. The number of carbonyl (C=O) groups excluding carboxylic acids is 1. The first kappa shape index (κ1) is 11.8. The molecular formula is C8H4ClF4NO. The van der Waals surface area contributed by atoms with E-state index in [-0.39, 0.29) is 0 Å². The van der Waals surface area contributed by atoms with Gasteiger partial charge in [0.15, 0.2) is 0 Å². The van der Waals surface area contributed by atoms with Crippen LogP contribution in [-0.4, -0.2) is 5.91 Å². The van der Waals surface area contributed by atoms with Crippen LogP contribution in [0, 0.1) is 5.82 Å². The molecule has 0 atom stereocenters. The summed E-state index contributed by atoms with van der Waals surface area (Å²) in [7, 11) is 0. The molecule has 1 amide bonds. The van der Waals surface area contributed by atoms with Crippen LogP contribution in [0.3, 0.4) is 0 Å². The lowest BCUT2D eigenvalue weighted by Crippen LogP contribution is -2.16. The molecule has 1 aromatic rings. The predicted molar refractivity (Wildman–Crippen MR) is 44.9 cm³/mol. The first-order chi connectivity index (χ1) is 6.73. The third kappa shape index (κ3) is 2.38. The van der Waals surface area contributed by atoms with E-state index in [1.54, 1.807) is 0 Å². The molecule has 1 aromatic carbocycles. The van der Waals surface area contributed by atoms with Crippen LogP contribution in [0.4, 0.5) is 17.6 Å². The van der Waals surface area contributed by atoms with Crippen LogP contribution in [0.1, 0.15) is 15.9 Å². The van der Waals surface area contributed by atoms with Crippen molar-refractivity contribution in [2.75, 3.05) is 0 Å². The lowest BCUT2D eigenvalue weighted by atomic mass is 10.1. The van der Waals surface area contributed by atoms with E-state index in [9.17, 15) is 22.4 Å². The van der Waals surface area contributed by atoms with Crippen molar-refractivity contribution < 1.29 is 22.4 Å². The topological polar surface area (TPSA) is 43.1 Å². The molecule has 2 N–H and O–H groups in total. The van der Waals surface area contributed by atoms with Crippen molar-refractivity contribution in [3.8, 4) is 0 Å². The predicted octanol–water partition coefficient (Wildman–Crippen LogP) is 2.60. The van der Waals surface area contributed by atoms with Crippen molar-refractivity contribution >= 4 is 17.5 Å². The second-order valence-corrected chi connectivity index (χ2v) is 3.08. The van der Waals surface area contributed by atoms with Crippen molar-refractivity contribution in [1.82, 2.24) is 0 Å². The molecule has 0 spiro atoms. The highest BCUT2D eigenvalue weighted by Gasteiger charge is 2.34. The van der Waals surface area contributed by atoms with Gasteiger partial charge in [-0.2, -0.15) is 13.2 Å². The van der Waals surface area contributed by atoms with Gasteiger partial charge in [-0.15, -0.1) is 0 Å². The Hall–Kier alpha value is -1.30. The normalized spacial score (nSPS) is 11.5. The minimum Gasteiger partial charge on any atom is -0.366 e. The molecule has 7 heteroatoms. The number of carbonyl (C=O) groups is 1. The number of hydrogen-bond acceptors (Lipinski definition) is 1. The molecule has 0 unspecified atom stereocenters. The van der Waals surface area contributed by atoms with Crippen molar-refractivity contribution in [2.45, 2.75) is 6.18 Å². The van der Waals surface area contributed by atoms with Crippen molar-refractivity contribution in [3.05, 3.63) is 34.1 Å². The van der Waals surface area contributed by atoms with Crippen molar-refractivity contribution in [3.63, 3.8) is 0 Å². The van der Waals surface area contributed by atoms with Gasteiger partial charge in [0.25, 0.3) is 5.91 Å². The van der Waals surface area contributed by atoms with Crippen LogP contribution in [0.25, 0.3) is 0 Å². The average Bonchev–Trinajstić information content (AvgIpc) is 2.00. The molecule has 0 aromatic heterocycles. The second-order valence-electron chi connectivity index (χ2n) is 2.67. The number of nitrogens with two attached hydrogens (primary N) is 1. The number of alkyl halides is 3.